The van der Waals surface area contributed by atoms with Crippen LogP contribution in [0.25, 0.3) is 6.08 Å². The predicted molar refractivity (Wildman–Crippen MR) is 105 cm³/mol. The lowest BCUT2D eigenvalue weighted by molar-refractivity contribution is -0.127. The maximum atomic E-state index is 12.6. The van der Waals surface area contributed by atoms with Crippen molar-refractivity contribution < 1.29 is 14.4 Å². The summed E-state index contributed by atoms with van der Waals surface area (Å²) in [5.41, 5.74) is 1.65. The average Bonchev–Trinajstić information content (AvgIpc) is 3.41. The van der Waals surface area contributed by atoms with Crippen molar-refractivity contribution in [3.63, 3.8) is 0 Å². The van der Waals surface area contributed by atoms with Crippen LogP contribution in [0.15, 0.2) is 54.5 Å². The van der Waals surface area contributed by atoms with E-state index in [1.54, 1.807) is 30.3 Å². The van der Waals surface area contributed by atoms with Crippen molar-refractivity contribution in [1.29, 1.82) is 0 Å². The van der Waals surface area contributed by atoms with Crippen LogP contribution in [-0.2, 0) is 9.59 Å². The van der Waals surface area contributed by atoms with Crippen LogP contribution in [-0.4, -0.2) is 33.9 Å². The molecule has 144 valence electrons. The smallest absolute Gasteiger partial charge is 0.329 e. The quantitative estimate of drug-likeness (QED) is 0.619. The molecule has 0 radical (unpaired) electrons. The molecule has 2 aliphatic rings. The highest BCUT2D eigenvalue weighted by atomic mass is 16.2. The van der Waals surface area contributed by atoms with Gasteiger partial charge in [0.2, 0.25) is 5.91 Å². The van der Waals surface area contributed by atoms with Crippen LogP contribution in [0.1, 0.15) is 37.3 Å². The third-order valence-corrected chi connectivity index (χ3v) is 5.12. The first-order chi connectivity index (χ1) is 13.6. The topological polar surface area (TPSA) is 83.4 Å². The van der Waals surface area contributed by atoms with Crippen LogP contribution in [0.3, 0.4) is 0 Å². The minimum atomic E-state index is -0.588. The summed E-state index contributed by atoms with van der Waals surface area (Å²) in [6.45, 7) is -0.333. The number of imide groups is 1. The van der Waals surface area contributed by atoms with E-state index in [0.717, 1.165) is 10.5 Å². The first kappa shape index (κ1) is 18.0. The molecule has 1 saturated carbocycles. The van der Waals surface area contributed by atoms with E-state index in [9.17, 15) is 14.4 Å². The van der Waals surface area contributed by atoms with Crippen molar-refractivity contribution in [3.8, 4) is 0 Å². The van der Waals surface area contributed by atoms with Crippen molar-refractivity contribution >= 4 is 29.6 Å². The maximum absolute atomic E-state index is 12.6. The van der Waals surface area contributed by atoms with Crippen molar-refractivity contribution in [2.24, 2.45) is 0 Å². The number of rotatable bonds is 5. The third kappa shape index (κ3) is 3.83. The van der Waals surface area contributed by atoms with Crippen molar-refractivity contribution in [1.82, 2.24) is 14.8 Å². The summed E-state index contributed by atoms with van der Waals surface area (Å²) in [7, 11) is 0. The summed E-state index contributed by atoms with van der Waals surface area (Å²) in [6, 6.07) is 10.8. The Bertz CT molecular complexity index is 926. The fourth-order valence-electron chi connectivity index (χ4n) is 3.69. The number of carbonyl (C=O) groups is 3. The molecule has 7 heteroatoms. The molecule has 2 heterocycles. The molecule has 4 amide bonds. The molecule has 1 aliphatic heterocycles. The molecule has 2 aromatic rings. The SMILES string of the molecule is O=C(CN1C(=O)N/C(=C/c2ccn(C3CCCC3)c2)C1=O)Nc1ccccc1. The van der Waals surface area contributed by atoms with Crippen molar-refractivity contribution in [2.75, 3.05) is 11.9 Å². The lowest BCUT2D eigenvalue weighted by Crippen LogP contribution is -2.38. The van der Waals surface area contributed by atoms with Gasteiger partial charge in [-0.05, 0) is 42.7 Å². The van der Waals surface area contributed by atoms with Crippen LogP contribution in [0, 0.1) is 0 Å². The monoisotopic (exact) mass is 378 g/mol. The summed E-state index contributed by atoms with van der Waals surface area (Å²) in [5, 5.41) is 5.23. The van der Waals surface area contributed by atoms with Gasteiger partial charge >= 0.3 is 6.03 Å². The van der Waals surface area contributed by atoms with Gasteiger partial charge in [-0.25, -0.2) is 9.69 Å². The lowest BCUT2D eigenvalue weighted by Gasteiger charge is -2.11. The Morgan fingerprint density at radius 3 is 2.64 bits per heavy atom. The summed E-state index contributed by atoms with van der Waals surface area (Å²) in [4.78, 5) is 37.8. The first-order valence-electron chi connectivity index (χ1n) is 9.47. The molecule has 28 heavy (non-hydrogen) atoms. The first-order valence-corrected chi connectivity index (χ1v) is 9.47. The summed E-state index contributed by atoms with van der Waals surface area (Å²) in [6.07, 6.45) is 10.5. The van der Waals surface area contributed by atoms with Crippen LogP contribution in [0.2, 0.25) is 0 Å². The van der Waals surface area contributed by atoms with E-state index in [4.69, 9.17) is 0 Å². The van der Waals surface area contributed by atoms with Gasteiger partial charge < -0.3 is 15.2 Å². The standard InChI is InChI=1S/C21H22N4O3/c26-19(22-16-6-2-1-3-7-16)14-25-20(27)18(23-21(25)28)12-15-10-11-24(13-15)17-8-4-5-9-17/h1-3,6-7,10-13,17H,4-5,8-9,14H2,(H,22,26)(H,23,28)/b18-12+. The highest BCUT2D eigenvalue weighted by molar-refractivity contribution is 6.15. The minimum Gasteiger partial charge on any atom is -0.351 e. The van der Waals surface area contributed by atoms with Gasteiger partial charge in [0, 0.05) is 24.1 Å². The molecule has 1 aromatic carbocycles. The van der Waals surface area contributed by atoms with Gasteiger partial charge in [0.25, 0.3) is 5.91 Å². The van der Waals surface area contributed by atoms with E-state index in [-0.39, 0.29) is 12.2 Å². The van der Waals surface area contributed by atoms with Gasteiger partial charge in [0.15, 0.2) is 0 Å². The second kappa shape index (κ2) is 7.72. The predicted octanol–water partition coefficient (Wildman–Crippen LogP) is 3.13. The molecule has 0 atom stereocenters. The summed E-state index contributed by atoms with van der Waals surface area (Å²) in [5.74, 6) is -0.926. The molecular formula is C21H22N4O3. The number of aromatic nitrogens is 1. The van der Waals surface area contributed by atoms with E-state index in [0.29, 0.717) is 11.7 Å². The van der Waals surface area contributed by atoms with Crippen LogP contribution >= 0.6 is 0 Å². The molecule has 7 nitrogen and oxygen atoms in total. The Balaban J connectivity index is 1.42. The number of hydrogen-bond acceptors (Lipinski definition) is 3. The number of para-hydroxylation sites is 1. The number of hydrogen-bond donors (Lipinski definition) is 2. The number of urea groups is 1. The van der Waals surface area contributed by atoms with E-state index in [1.165, 1.54) is 25.7 Å². The number of nitrogens with zero attached hydrogens (tertiary/aromatic N) is 2. The van der Waals surface area contributed by atoms with Crippen LogP contribution < -0.4 is 10.6 Å². The van der Waals surface area contributed by atoms with Gasteiger partial charge in [0.1, 0.15) is 12.2 Å². The zero-order valence-corrected chi connectivity index (χ0v) is 15.4. The molecule has 4 rings (SSSR count). The average molecular weight is 378 g/mol. The Hall–Kier alpha value is -3.35. The van der Waals surface area contributed by atoms with Gasteiger partial charge in [-0.3, -0.25) is 9.59 Å². The summed E-state index contributed by atoms with van der Waals surface area (Å²) < 4.78 is 2.17. The zero-order chi connectivity index (χ0) is 19.5. The van der Waals surface area contributed by atoms with E-state index < -0.39 is 17.8 Å². The Labute approximate surface area is 163 Å². The number of carbonyl (C=O) groups excluding carboxylic acids is 3. The molecule has 1 aromatic heterocycles. The van der Waals surface area contributed by atoms with Crippen LogP contribution in [0.4, 0.5) is 10.5 Å². The molecular weight excluding hydrogens is 356 g/mol. The molecule has 2 N–H and O–H groups in total. The molecule has 0 unspecified atom stereocenters. The number of benzene rings is 1. The Morgan fingerprint density at radius 2 is 1.89 bits per heavy atom. The number of amides is 4. The highest BCUT2D eigenvalue weighted by Gasteiger charge is 2.35. The largest absolute Gasteiger partial charge is 0.351 e. The fourth-order valence-corrected chi connectivity index (χ4v) is 3.69. The zero-order valence-electron chi connectivity index (χ0n) is 15.4. The van der Waals surface area contributed by atoms with Gasteiger partial charge in [-0.15, -0.1) is 0 Å². The normalized spacial score (nSPS) is 18.7. The molecule has 0 bridgehead atoms. The van der Waals surface area contributed by atoms with Gasteiger partial charge in [-0.1, -0.05) is 31.0 Å². The van der Waals surface area contributed by atoms with Gasteiger partial charge in [0.05, 0.1) is 0 Å². The Kier molecular flexibility index (Phi) is 4.97. The number of nitrogens with one attached hydrogen (secondary N) is 2. The van der Waals surface area contributed by atoms with Gasteiger partial charge in [-0.2, -0.15) is 0 Å². The van der Waals surface area contributed by atoms with E-state index >= 15 is 0 Å². The molecule has 1 saturated heterocycles. The van der Waals surface area contributed by atoms with Crippen molar-refractivity contribution in [3.05, 3.63) is 60.1 Å². The summed E-state index contributed by atoms with van der Waals surface area (Å²) >= 11 is 0. The van der Waals surface area contributed by atoms with Crippen molar-refractivity contribution in [2.45, 2.75) is 31.7 Å². The third-order valence-electron chi connectivity index (χ3n) is 5.12. The highest BCUT2D eigenvalue weighted by Crippen LogP contribution is 2.30. The molecule has 2 fully saturated rings. The molecule has 0 spiro atoms. The van der Waals surface area contributed by atoms with E-state index in [2.05, 4.69) is 15.2 Å². The fraction of sp³-hybridized carbons (Fsp3) is 0.286. The Morgan fingerprint density at radius 1 is 1.14 bits per heavy atom. The van der Waals surface area contributed by atoms with E-state index in [1.807, 2.05) is 24.5 Å². The molecule has 1 aliphatic carbocycles. The second-order valence-electron chi connectivity index (χ2n) is 7.12. The second-order valence-corrected chi connectivity index (χ2v) is 7.12. The lowest BCUT2D eigenvalue weighted by atomic mass is 10.2. The minimum absolute atomic E-state index is 0.182. The number of anilines is 1. The maximum Gasteiger partial charge on any atom is 0.329 e. The van der Waals surface area contributed by atoms with Crippen LogP contribution in [0.5, 0.6) is 0 Å².